The van der Waals surface area contributed by atoms with Gasteiger partial charge in [-0.05, 0) is 42.6 Å². The van der Waals surface area contributed by atoms with E-state index in [0.29, 0.717) is 18.7 Å². The minimum absolute atomic E-state index is 0.0877. The largest absolute Gasteiger partial charge is 0.348 e. The van der Waals surface area contributed by atoms with E-state index in [4.69, 9.17) is 0 Å². The van der Waals surface area contributed by atoms with E-state index in [9.17, 15) is 4.79 Å². The van der Waals surface area contributed by atoms with E-state index in [1.165, 1.54) is 37.1 Å². The molecule has 1 fully saturated rings. The predicted molar refractivity (Wildman–Crippen MR) is 110 cm³/mol. The smallest absolute Gasteiger partial charge is 0.254 e. The van der Waals surface area contributed by atoms with Crippen molar-refractivity contribution >= 4 is 5.91 Å². The number of nitrogens with zero attached hydrogens (tertiary/aromatic N) is 3. The molecule has 1 amide bonds. The van der Waals surface area contributed by atoms with Crippen molar-refractivity contribution in [2.45, 2.75) is 32.5 Å². The molecule has 1 aliphatic heterocycles. The Kier molecular flexibility index (Phi) is 5.83. The molecule has 0 radical (unpaired) electrons. The Balaban J connectivity index is 1.36. The maximum Gasteiger partial charge on any atom is 0.254 e. The first-order chi connectivity index (χ1) is 13.8. The lowest BCUT2D eigenvalue weighted by molar-refractivity contribution is 0.0950. The normalized spacial score (nSPS) is 14.3. The second kappa shape index (κ2) is 8.85. The van der Waals surface area contributed by atoms with Crippen LogP contribution in [0.2, 0.25) is 0 Å². The molecule has 28 heavy (non-hydrogen) atoms. The average molecular weight is 374 g/mol. The summed E-state index contributed by atoms with van der Waals surface area (Å²) in [7, 11) is 0. The molecular formula is C23H26N4O. The number of aromatic nitrogens is 2. The summed E-state index contributed by atoms with van der Waals surface area (Å²) in [6.45, 7) is 4.49. The Labute approximate surface area is 166 Å². The fourth-order valence-electron chi connectivity index (χ4n) is 3.68. The maximum atomic E-state index is 12.6. The summed E-state index contributed by atoms with van der Waals surface area (Å²) in [5.74, 6) is -0.0877. The van der Waals surface area contributed by atoms with Crippen LogP contribution in [0.25, 0.3) is 0 Å². The molecule has 1 aliphatic rings. The van der Waals surface area contributed by atoms with Crippen molar-refractivity contribution in [2.24, 2.45) is 0 Å². The quantitative estimate of drug-likeness (QED) is 0.689. The maximum absolute atomic E-state index is 12.6. The van der Waals surface area contributed by atoms with Gasteiger partial charge in [0.15, 0.2) is 0 Å². The summed E-state index contributed by atoms with van der Waals surface area (Å²) in [5, 5.41) is 7.37. The highest BCUT2D eigenvalue weighted by atomic mass is 16.1. The van der Waals surface area contributed by atoms with Gasteiger partial charge in [-0.1, -0.05) is 54.6 Å². The summed E-state index contributed by atoms with van der Waals surface area (Å²) in [5.41, 5.74) is 4.23. The number of rotatable bonds is 7. The average Bonchev–Trinajstić information content (AvgIpc) is 3.40. The van der Waals surface area contributed by atoms with Crippen molar-refractivity contribution in [1.82, 2.24) is 20.0 Å². The number of benzene rings is 2. The monoisotopic (exact) mass is 374 g/mol. The Hall–Kier alpha value is -2.92. The van der Waals surface area contributed by atoms with Crippen molar-refractivity contribution in [2.75, 3.05) is 13.1 Å². The van der Waals surface area contributed by atoms with Crippen molar-refractivity contribution in [3.8, 4) is 0 Å². The van der Waals surface area contributed by atoms with Crippen LogP contribution >= 0.6 is 0 Å². The van der Waals surface area contributed by atoms with Crippen molar-refractivity contribution in [3.05, 3.63) is 89.2 Å². The molecule has 2 heterocycles. The number of likely N-dealkylation sites (tertiary alicyclic amines) is 1. The van der Waals surface area contributed by atoms with Crippen LogP contribution in [-0.2, 0) is 19.6 Å². The van der Waals surface area contributed by atoms with Gasteiger partial charge in [-0.25, -0.2) is 0 Å². The molecule has 1 aromatic heterocycles. The van der Waals surface area contributed by atoms with Crippen LogP contribution in [0.3, 0.4) is 0 Å². The third-order valence-corrected chi connectivity index (χ3v) is 5.23. The zero-order valence-corrected chi connectivity index (χ0v) is 16.1. The van der Waals surface area contributed by atoms with E-state index in [2.05, 4.69) is 45.6 Å². The molecule has 1 N–H and O–H groups in total. The lowest BCUT2D eigenvalue weighted by Gasteiger charge is -2.17. The Morgan fingerprint density at radius 3 is 2.43 bits per heavy atom. The lowest BCUT2D eigenvalue weighted by atomic mass is 10.1. The fourth-order valence-corrected chi connectivity index (χ4v) is 3.68. The molecule has 0 spiro atoms. The van der Waals surface area contributed by atoms with E-state index < -0.39 is 0 Å². The van der Waals surface area contributed by atoms with Gasteiger partial charge < -0.3 is 5.32 Å². The first-order valence-electron chi connectivity index (χ1n) is 9.92. The van der Waals surface area contributed by atoms with Gasteiger partial charge in [0.2, 0.25) is 0 Å². The highest BCUT2D eigenvalue weighted by molar-refractivity contribution is 5.93. The Morgan fingerprint density at radius 2 is 1.64 bits per heavy atom. The van der Waals surface area contributed by atoms with Gasteiger partial charge in [-0.3, -0.25) is 14.4 Å². The minimum Gasteiger partial charge on any atom is -0.348 e. The van der Waals surface area contributed by atoms with Crippen molar-refractivity contribution < 1.29 is 4.79 Å². The van der Waals surface area contributed by atoms with Crippen LogP contribution in [0, 0.1) is 0 Å². The molecular weight excluding hydrogens is 348 g/mol. The van der Waals surface area contributed by atoms with Crippen LogP contribution < -0.4 is 5.32 Å². The van der Waals surface area contributed by atoms with Crippen LogP contribution in [0.4, 0.5) is 0 Å². The molecule has 0 bridgehead atoms. The standard InChI is InChI=1S/C23H26N4O/c28-23(22-15-25-27(18-22)16-19-8-2-1-3-9-19)24-14-20-10-4-5-11-21(20)17-26-12-6-7-13-26/h1-5,8-11,15,18H,6-7,12-14,16-17H2,(H,24,28). The summed E-state index contributed by atoms with van der Waals surface area (Å²) in [6, 6.07) is 18.5. The van der Waals surface area contributed by atoms with Gasteiger partial charge in [0.25, 0.3) is 5.91 Å². The van der Waals surface area contributed by atoms with Gasteiger partial charge in [0.1, 0.15) is 0 Å². The second-order valence-electron chi connectivity index (χ2n) is 7.35. The predicted octanol–water partition coefficient (Wildman–Crippen LogP) is 3.46. The Bertz CT molecular complexity index is 913. The summed E-state index contributed by atoms with van der Waals surface area (Å²) in [4.78, 5) is 15.0. The van der Waals surface area contributed by atoms with E-state index >= 15 is 0 Å². The molecule has 144 valence electrons. The SMILES string of the molecule is O=C(NCc1ccccc1CN1CCCC1)c1cnn(Cc2ccccc2)c1. The van der Waals surface area contributed by atoms with Gasteiger partial charge >= 0.3 is 0 Å². The molecule has 0 atom stereocenters. The van der Waals surface area contributed by atoms with E-state index in [1.54, 1.807) is 17.1 Å². The van der Waals surface area contributed by atoms with Gasteiger partial charge in [-0.2, -0.15) is 5.10 Å². The zero-order valence-electron chi connectivity index (χ0n) is 16.1. The molecule has 4 rings (SSSR count). The number of hydrogen-bond acceptors (Lipinski definition) is 3. The van der Waals surface area contributed by atoms with Crippen LogP contribution in [-0.4, -0.2) is 33.7 Å². The summed E-state index contributed by atoms with van der Waals surface area (Å²) < 4.78 is 1.80. The fraction of sp³-hybridized carbons (Fsp3) is 0.304. The third-order valence-electron chi connectivity index (χ3n) is 5.23. The molecule has 1 saturated heterocycles. The van der Waals surface area contributed by atoms with Gasteiger partial charge in [0, 0.05) is 19.3 Å². The molecule has 5 nitrogen and oxygen atoms in total. The Morgan fingerprint density at radius 1 is 0.929 bits per heavy atom. The third kappa shape index (κ3) is 4.67. The van der Waals surface area contributed by atoms with Crippen molar-refractivity contribution in [1.29, 1.82) is 0 Å². The number of amides is 1. The molecule has 0 unspecified atom stereocenters. The lowest BCUT2D eigenvalue weighted by Crippen LogP contribution is -2.24. The number of carbonyl (C=O) groups excluding carboxylic acids is 1. The van der Waals surface area contributed by atoms with E-state index in [-0.39, 0.29) is 5.91 Å². The van der Waals surface area contributed by atoms with Crippen LogP contribution in [0.15, 0.2) is 67.0 Å². The summed E-state index contributed by atoms with van der Waals surface area (Å²) in [6.07, 6.45) is 6.00. The molecule has 0 saturated carbocycles. The second-order valence-corrected chi connectivity index (χ2v) is 7.35. The number of hydrogen-bond donors (Lipinski definition) is 1. The van der Waals surface area contributed by atoms with Gasteiger partial charge in [0.05, 0.1) is 18.3 Å². The first-order valence-corrected chi connectivity index (χ1v) is 9.92. The number of nitrogens with one attached hydrogen (secondary N) is 1. The molecule has 2 aromatic carbocycles. The molecule has 3 aromatic rings. The highest BCUT2D eigenvalue weighted by Crippen LogP contribution is 2.16. The zero-order chi connectivity index (χ0) is 19.2. The van der Waals surface area contributed by atoms with Gasteiger partial charge in [-0.15, -0.1) is 0 Å². The van der Waals surface area contributed by atoms with E-state index in [0.717, 1.165) is 12.1 Å². The highest BCUT2D eigenvalue weighted by Gasteiger charge is 2.14. The van der Waals surface area contributed by atoms with Crippen LogP contribution in [0.5, 0.6) is 0 Å². The topological polar surface area (TPSA) is 50.2 Å². The first kappa shape index (κ1) is 18.4. The molecule has 0 aliphatic carbocycles. The minimum atomic E-state index is -0.0877. The van der Waals surface area contributed by atoms with Crippen molar-refractivity contribution in [3.63, 3.8) is 0 Å². The van der Waals surface area contributed by atoms with E-state index in [1.807, 2.05) is 24.3 Å². The number of carbonyl (C=O) groups is 1. The van der Waals surface area contributed by atoms with Crippen LogP contribution in [0.1, 0.15) is 39.9 Å². The summed E-state index contributed by atoms with van der Waals surface area (Å²) >= 11 is 0. The molecule has 5 heteroatoms.